The maximum absolute atomic E-state index is 12.2. The number of hydrogen-bond acceptors (Lipinski definition) is 3. The Hall–Kier alpha value is -0.840. The summed E-state index contributed by atoms with van der Waals surface area (Å²) >= 11 is 3.35. The van der Waals surface area contributed by atoms with Gasteiger partial charge in [-0.3, -0.25) is 4.79 Å². The molecule has 0 atom stereocenters. The highest BCUT2D eigenvalue weighted by molar-refractivity contribution is 9.09. The number of alkyl halides is 1. The van der Waals surface area contributed by atoms with E-state index >= 15 is 0 Å². The van der Waals surface area contributed by atoms with Crippen molar-refractivity contribution >= 4 is 21.7 Å². The van der Waals surface area contributed by atoms with E-state index in [1.807, 2.05) is 32.7 Å². The molecule has 5 heteroatoms. The minimum atomic E-state index is -0.218. The number of anilines is 1. The van der Waals surface area contributed by atoms with Crippen LogP contribution < -0.4 is 10.5 Å². The van der Waals surface area contributed by atoms with E-state index in [0.29, 0.717) is 5.82 Å². The number of hydrogen-bond donors (Lipinski definition) is 0. The second kappa shape index (κ2) is 4.99. The molecule has 4 nitrogen and oxygen atoms in total. The van der Waals surface area contributed by atoms with Crippen LogP contribution in [-0.4, -0.2) is 28.5 Å². The molecule has 0 aliphatic heterocycles. The van der Waals surface area contributed by atoms with Crippen molar-refractivity contribution in [2.24, 2.45) is 0 Å². The molecular formula is C11H18BrN3O. The Morgan fingerprint density at radius 2 is 2.12 bits per heavy atom. The Labute approximate surface area is 104 Å². The lowest BCUT2D eigenvalue weighted by Crippen LogP contribution is -2.38. The fourth-order valence-electron chi connectivity index (χ4n) is 1.42. The summed E-state index contributed by atoms with van der Waals surface area (Å²) in [7, 11) is 1.87. The van der Waals surface area contributed by atoms with Gasteiger partial charge in [0.1, 0.15) is 0 Å². The summed E-state index contributed by atoms with van der Waals surface area (Å²) in [6, 6.07) is 0. The Balaban J connectivity index is 3.20. The number of rotatable bonds is 3. The van der Waals surface area contributed by atoms with E-state index in [-0.39, 0.29) is 11.1 Å². The number of halogens is 1. The van der Waals surface area contributed by atoms with Crippen LogP contribution >= 0.6 is 15.9 Å². The van der Waals surface area contributed by atoms with Crippen molar-refractivity contribution in [2.75, 3.05) is 23.8 Å². The van der Waals surface area contributed by atoms with Crippen LogP contribution in [0.15, 0.2) is 17.2 Å². The van der Waals surface area contributed by atoms with Crippen molar-refractivity contribution in [3.05, 3.63) is 22.7 Å². The summed E-state index contributed by atoms with van der Waals surface area (Å²) in [5.41, 5.74) is -0.261. The minimum absolute atomic E-state index is 0.0431. The van der Waals surface area contributed by atoms with Gasteiger partial charge in [0.25, 0.3) is 5.56 Å². The highest BCUT2D eigenvalue weighted by Gasteiger charge is 2.17. The summed E-state index contributed by atoms with van der Waals surface area (Å²) in [6.07, 6.45) is 3.40. The van der Waals surface area contributed by atoms with Gasteiger partial charge in [0.05, 0.1) is 0 Å². The summed E-state index contributed by atoms with van der Waals surface area (Å²) in [4.78, 5) is 18.2. The first-order valence-electron chi connectivity index (χ1n) is 5.23. The molecule has 0 aliphatic rings. The molecule has 0 N–H and O–H groups in total. The Morgan fingerprint density at radius 3 is 2.62 bits per heavy atom. The van der Waals surface area contributed by atoms with Crippen LogP contribution in [0.1, 0.15) is 20.8 Å². The van der Waals surface area contributed by atoms with Crippen molar-refractivity contribution in [1.29, 1.82) is 0 Å². The van der Waals surface area contributed by atoms with E-state index in [4.69, 9.17) is 0 Å². The lowest BCUT2D eigenvalue weighted by Gasteiger charge is -2.24. The van der Waals surface area contributed by atoms with Gasteiger partial charge >= 0.3 is 0 Å². The van der Waals surface area contributed by atoms with Crippen molar-refractivity contribution in [3.63, 3.8) is 0 Å². The zero-order valence-electron chi connectivity index (χ0n) is 10.2. The normalized spacial score (nSPS) is 11.6. The van der Waals surface area contributed by atoms with Crippen molar-refractivity contribution in [1.82, 2.24) is 9.55 Å². The molecule has 0 saturated carbocycles. The van der Waals surface area contributed by atoms with Gasteiger partial charge in [-0.15, -0.1) is 0 Å². The Bertz CT molecular complexity index is 408. The van der Waals surface area contributed by atoms with Crippen molar-refractivity contribution in [3.8, 4) is 0 Å². The van der Waals surface area contributed by atoms with Gasteiger partial charge in [0.15, 0.2) is 5.82 Å². The van der Waals surface area contributed by atoms with E-state index in [1.54, 1.807) is 17.0 Å². The molecule has 0 aliphatic carbocycles. The molecule has 0 unspecified atom stereocenters. The monoisotopic (exact) mass is 287 g/mol. The predicted molar refractivity (Wildman–Crippen MR) is 70.6 cm³/mol. The Kier molecular flexibility index (Phi) is 4.13. The first-order valence-corrected chi connectivity index (χ1v) is 6.35. The lowest BCUT2D eigenvalue weighted by atomic mass is 10.1. The third-order valence-electron chi connectivity index (χ3n) is 2.33. The molecule has 1 heterocycles. The summed E-state index contributed by atoms with van der Waals surface area (Å²) < 4.78 is 1.71. The maximum atomic E-state index is 12.2. The summed E-state index contributed by atoms with van der Waals surface area (Å²) in [6.45, 7) is 6.77. The van der Waals surface area contributed by atoms with E-state index in [0.717, 1.165) is 11.9 Å². The van der Waals surface area contributed by atoms with Gasteiger partial charge in [0, 0.05) is 36.9 Å². The smallest absolute Gasteiger partial charge is 0.293 e. The van der Waals surface area contributed by atoms with E-state index < -0.39 is 0 Å². The topological polar surface area (TPSA) is 38.1 Å². The number of aromatic nitrogens is 2. The van der Waals surface area contributed by atoms with Gasteiger partial charge in [0.2, 0.25) is 0 Å². The number of nitrogens with zero attached hydrogens (tertiary/aromatic N) is 3. The van der Waals surface area contributed by atoms with Crippen LogP contribution in [0.25, 0.3) is 0 Å². The second-order valence-electron chi connectivity index (χ2n) is 4.71. The van der Waals surface area contributed by atoms with Crippen LogP contribution in [0.3, 0.4) is 0 Å². The highest BCUT2D eigenvalue weighted by Crippen LogP contribution is 2.11. The second-order valence-corrected chi connectivity index (χ2v) is 5.50. The van der Waals surface area contributed by atoms with Gasteiger partial charge < -0.3 is 9.47 Å². The summed E-state index contributed by atoms with van der Waals surface area (Å²) in [5, 5.41) is 0.815. The fraction of sp³-hybridized carbons (Fsp3) is 0.636. The molecule has 1 rings (SSSR count). The molecule has 0 amide bonds. The van der Waals surface area contributed by atoms with Gasteiger partial charge in [-0.25, -0.2) is 4.98 Å². The molecule has 90 valence electrons. The Morgan fingerprint density at radius 1 is 1.50 bits per heavy atom. The first kappa shape index (κ1) is 13.2. The average molecular weight is 288 g/mol. The average Bonchev–Trinajstić information content (AvgIpc) is 2.16. The van der Waals surface area contributed by atoms with E-state index in [2.05, 4.69) is 20.9 Å². The van der Waals surface area contributed by atoms with E-state index in [9.17, 15) is 4.79 Å². The molecule has 1 aromatic rings. The van der Waals surface area contributed by atoms with Crippen LogP contribution in [-0.2, 0) is 5.54 Å². The molecule has 0 aromatic carbocycles. The third kappa shape index (κ3) is 2.84. The van der Waals surface area contributed by atoms with Crippen LogP contribution in [0.2, 0.25) is 0 Å². The first-order chi connectivity index (χ1) is 7.38. The van der Waals surface area contributed by atoms with E-state index in [1.165, 1.54) is 0 Å². The van der Waals surface area contributed by atoms with Crippen LogP contribution in [0, 0.1) is 0 Å². The molecule has 0 bridgehead atoms. The zero-order valence-corrected chi connectivity index (χ0v) is 11.8. The molecule has 0 saturated heterocycles. The quantitative estimate of drug-likeness (QED) is 0.796. The third-order valence-corrected chi connectivity index (χ3v) is 2.68. The molecule has 0 radical (unpaired) electrons. The van der Waals surface area contributed by atoms with Gasteiger partial charge in [-0.1, -0.05) is 15.9 Å². The molecular weight excluding hydrogens is 270 g/mol. The molecule has 0 spiro atoms. The summed E-state index contributed by atoms with van der Waals surface area (Å²) in [5.74, 6) is 0.497. The van der Waals surface area contributed by atoms with Crippen LogP contribution in [0.4, 0.5) is 5.82 Å². The van der Waals surface area contributed by atoms with Crippen molar-refractivity contribution < 1.29 is 0 Å². The zero-order chi connectivity index (χ0) is 12.3. The molecule has 1 aromatic heterocycles. The minimum Gasteiger partial charge on any atom is -0.354 e. The maximum Gasteiger partial charge on any atom is 0.293 e. The van der Waals surface area contributed by atoms with Gasteiger partial charge in [-0.2, -0.15) is 0 Å². The largest absolute Gasteiger partial charge is 0.354 e. The standard InChI is InChI=1S/C11H18BrN3O/c1-11(2,3)15-8-6-13-9(10(15)16)14(4)7-5-12/h6,8H,5,7H2,1-4H3. The predicted octanol–water partition coefficient (Wildman–Crippen LogP) is 1.83. The highest BCUT2D eigenvalue weighted by atomic mass is 79.9. The van der Waals surface area contributed by atoms with Crippen LogP contribution in [0.5, 0.6) is 0 Å². The lowest BCUT2D eigenvalue weighted by molar-refractivity contribution is 0.382. The van der Waals surface area contributed by atoms with Gasteiger partial charge in [-0.05, 0) is 20.8 Å². The molecule has 16 heavy (non-hydrogen) atoms. The van der Waals surface area contributed by atoms with Crippen molar-refractivity contribution in [2.45, 2.75) is 26.3 Å². The molecule has 0 fully saturated rings. The SMILES string of the molecule is CN(CCBr)c1nccn(C(C)(C)C)c1=O. The fourth-order valence-corrected chi connectivity index (χ4v) is 1.96.